The molecule has 1 heterocycles. The highest BCUT2D eigenvalue weighted by atomic mass is 79.9. The van der Waals surface area contributed by atoms with E-state index in [0.717, 1.165) is 17.3 Å². The van der Waals surface area contributed by atoms with Crippen molar-refractivity contribution in [2.75, 3.05) is 7.11 Å². The van der Waals surface area contributed by atoms with Crippen molar-refractivity contribution < 1.29 is 19.1 Å². The van der Waals surface area contributed by atoms with Crippen LogP contribution in [0.25, 0.3) is 6.08 Å². The van der Waals surface area contributed by atoms with Crippen LogP contribution in [0.5, 0.6) is 5.75 Å². The molecule has 0 radical (unpaired) electrons. The number of methoxy groups -OCH3 is 1. The third-order valence-corrected chi connectivity index (χ3v) is 5.08. The van der Waals surface area contributed by atoms with E-state index in [2.05, 4.69) is 15.9 Å². The number of carbonyl (C=O) groups excluding carboxylic acids is 3. The molecule has 1 aliphatic heterocycles. The summed E-state index contributed by atoms with van der Waals surface area (Å²) in [7, 11) is 1.56. The van der Waals surface area contributed by atoms with Gasteiger partial charge in [-0.1, -0.05) is 24.3 Å². The Labute approximate surface area is 156 Å². The lowest BCUT2D eigenvalue weighted by Crippen LogP contribution is -2.35. The quantitative estimate of drug-likeness (QED) is 0.549. The van der Waals surface area contributed by atoms with E-state index in [1.165, 1.54) is 0 Å². The molecule has 0 unspecified atom stereocenters. The van der Waals surface area contributed by atoms with E-state index in [0.29, 0.717) is 15.1 Å². The first-order valence-corrected chi connectivity index (χ1v) is 8.83. The average molecular weight is 418 g/mol. The molecule has 0 spiro atoms. The zero-order valence-corrected chi connectivity index (χ0v) is 15.5. The molecule has 1 aliphatic rings. The first-order valence-electron chi connectivity index (χ1n) is 7.22. The predicted octanol–water partition coefficient (Wildman–Crippen LogP) is 4.33. The van der Waals surface area contributed by atoms with E-state index in [4.69, 9.17) is 4.74 Å². The molecule has 0 saturated carbocycles. The molecule has 126 valence electrons. The summed E-state index contributed by atoms with van der Waals surface area (Å²) < 4.78 is 5.61. The number of hydrogen-bond acceptors (Lipinski definition) is 5. The second kappa shape index (κ2) is 7.25. The maximum absolute atomic E-state index is 12.6. The maximum Gasteiger partial charge on any atom is 0.300 e. The number of benzene rings is 2. The predicted molar refractivity (Wildman–Crippen MR) is 99.3 cm³/mol. The number of hydrogen-bond donors (Lipinski definition) is 0. The molecule has 7 heteroatoms. The van der Waals surface area contributed by atoms with Crippen LogP contribution in [-0.2, 0) is 4.79 Å². The van der Waals surface area contributed by atoms with Gasteiger partial charge in [0.25, 0.3) is 11.8 Å². The highest BCUT2D eigenvalue weighted by Gasteiger charge is 2.40. The lowest BCUT2D eigenvalue weighted by Gasteiger charge is -2.11. The van der Waals surface area contributed by atoms with Crippen molar-refractivity contribution in [2.24, 2.45) is 0 Å². The van der Waals surface area contributed by atoms with Crippen molar-refractivity contribution in [3.63, 3.8) is 0 Å². The second-order valence-corrected chi connectivity index (χ2v) is 6.92. The van der Waals surface area contributed by atoms with E-state index in [-0.39, 0.29) is 10.5 Å². The summed E-state index contributed by atoms with van der Waals surface area (Å²) in [5.41, 5.74) is 0.995. The van der Waals surface area contributed by atoms with Crippen LogP contribution in [0.4, 0.5) is 4.79 Å². The van der Waals surface area contributed by atoms with Gasteiger partial charge in [0, 0.05) is 4.47 Å². The summed E-state index contributed by atoms with van der Waals surface area (Å²) in [6.07, 6.45) is 1.58. The Morgan fingerprint density at radius 1 is 1.12 bits per heavy atom. The standard InChI is InChI=1S/C18H12BrNO4S/c1-24-12-8-6-11(7-9-12)10-15-17(22)20(18(23)25-15)16(21)13-4-2-3-5-14(13)19/h2-10H,1H3/b15-10-. The Balaban J connectivity index is 1.88. The van der Waals surface area contributed by atoms with Crippen molar-refractivity contribution in [1.82, 2.24) is 4.90 Å². The number of carbonyl (C=O) groups is 3. The number of imide groups is 3. The molecular weight excluding hydrogens is 406 g/mol. The molecular formula is C18H12BrNO4S. The first-order chi connectivity index (χ1) is 12.0. The zero-order valence-electron chi connectivity index (χ0n) is 13.1. The SMILES string of the molecule is COc1ccc(/C=C2\SC(=O)N(C(=O)c3ccccc3Br)C2=O)cc1. The van der Waals surface area contributed by atoms with Crippen LogP contribution in [-0.4, -0.2) is 29.1 Å². The number of rotatable bonds is 3. The smallest absolute Gasteiger partial charge is 0.300 e. The van der Waals surface area contributed by atoms with Gasteiger partial charge in [-0.25, -0.2) is 4.90 Å². The third-order valence-electron chi connectivity index (χ3n) is 3.51. The first kappa shape index (κ1) is 17.4. The number of nitrogens with zero attached hydrogens (tertiary/aromatic N) is 1. The number of ether oxygens (including phenoxy) is 1. The molecule has 1 saturated heterocycles. The van der Waals surface area contributed by atoms with Gasteiger partial charge in [-0.3, -0.25) is 14.4 Å². The van der Waals surface area contributed by atoms with Gasteiger partial charge in [0.15, 0.2) is 0 Å². The van der Waals surface area contributed by atoms with Crippen molar-refractivity contribution in [3.05, 3.63) is 69.0 Å². The van der Waals surface area contributed by atoms with Gasteiger partial charge in [-0.05, 0) is 63.6 Å². The fraction of sp³-hybridized carbons (Fsp3) is 0.0556. The highest BCUT2D eigenvalue weighted by Crippen LogP contribution is 2.34. The summed E-state index contributed by atoms with van der Waals surface area (Å²) in [5, 5.41) is -0.606. The van der Waals surface area contributed by atoms with E-state index < -0.39 is 17.1 Å². The fourth-order valence-electron chi connectivity index (χ4n) is 2.25. The van der Waals surface area contributed by atoms with Gasteiger partial charge in [-0.2, -0.15) is 0 Å². The molecule has 0 bridgehead atoms. The van der Waals surface area contributed by atoms with E-state index in [1.54, 1.807) is 61.7 Å². The summed E-state index contributed by atoms with van der Waals surface area (Å²) in [6.45, 7) is 0. The lowest BCUT2D eigenvalue weighted by molar-refractivity contribution is -0.120. The zero-order chi connectivity index (χ0) is 18.0. The fourth-order valence-corrected chi connectivity index (χ4v) is 3.52. The second-order valence-electron chi connectivity index (χ2n) is 5.08. The van der Waals surface area contributed by atoms with Crippen LogP contribution in [0.15, 0.2) is 57.9 Å². The Morgan fingerprint density at radius 3 is 2.44 bits per heavy atom. The highest BCUT2D eigenvalue weighted by molar-refractivity contribution is 9.10. The molecule has 0 N–H and O–H groups in total. The van der Waals surface area contributed by atoms with Crippen LogP contribution >= 0.6 is 27.7 Å². The average Bonchev–Trinajstić information content (AvgIpc) is 2.89. The molecule has 5 nitrogen and oxygen atoms in total. The largest absolute Gasteiger partial charge is 0.497 e. The molecule has 2 aromatic rings. The molecule has 1 fully saturated rings. The van der Waals surface area contributed by atoms with E-state index >= 15 is 0 Å². The topological polar surface area (TPSA) is 63.7 Å². The van der Waals surface area contributed by atoms with Crippen LogP contribution in [0, 0.1) is 0 Å². The third kappa shape index (κ3) is 3.52. The van der Waals surface area contributed by atoms with Crippen LogP contribution in [0.3, 0.4) is 0 Å². The van der Waals surface area contributed by atoms with Crippen molar-refractivity contribution >= 4 is 50.8 Å². The number of amides is 3. The van der Waals surface area contributed by atoms with Gasteiger partial charge >= 0.3 is 5.24 Å². The monoisotopic (exact) mass is 417 g/mol. The molecule has 3 rings (SSSR count). The van der Waals surface area contributed by atoms with E-state index in [9.17, 15) is 14.4 Å². The van der Waals surface area contributed by atoms with Crippen LogP contribution in [0.2, 0.25) is 0 Å². The minimum absolute atomic E-state index is 0.204. The van der Waals surface area contributed by atoms with Crippen molar-refractivity contribution in [1.29, 1.82) is 0 Å². The molecule has 0 aromatic heterocycles. The summed E-state index contributed by atoms with van der Waals surface area (Å²) >= 11 is 4.01. The normalized spacial score (nSPS) is 15.8. The Hall–Kier alpha value is -2.38. The molecule has 0 aliphatic carbocycles. The number of thioether (sulfide) groups is 1. The van der Waals surface area contributed by atoms with Crippen LogP contribution < -0.4 is 4.74 Å². The van der Waals surface area contributed by atoms with Crippen molar-refractivity contribution in [3.8, 4) is 5.75 Å². The van der Waals surface area contributed by atoms with Gasteiger partial charge in [0.05, 0.1) is 17.6 Å². The lowest BCUT2D eigenvalue weighted by atomic mass is 10.2. The van der Waals surface area contributed by atoms with Gasteiger partial charge < -0.3 is 4.74 Å². The van der Waals surface area contributed by atoms with Gasteiger partial charge in [0.2, 0.25) is 0 Å². The van der Waals surface area contributed by atoms with Gasteiger partial charge in [-0.15, -0.1) is 0 Å². The van der Waals surface area contributed by atoms with E-state index in [1.807, 2.05) is 0 Å². The maximum atomic E-state index is 12.6. The summed E-state index contributed by atoms with van der Waals surface area (Å²) in [5.74, 6) is -0.575. The molecule has 2 aromatic carbocycles. The Bertz CT molecular complexity index is 892. The van der Waals surface area contributed by atoms with Crippen molar-refractivity contribution in [2.45, 2.75) is 0 Å². The Morgan fingerprint density at radius 2 is 1.80 bits per heavy atom. The van der Waals surface area contributed by atoms with Gasteiger partial charge in [0.1, 0.15) is 5.75 Å². The minimum atomic E-state index is -0.645. The molecule has 3 amide bonds. The molecule has 25 heavy (non-hydrogen) atoms. The van der Waals surface area contributed by atoms with Crippen LogP contribution in [0.1, 0.15) is 15.9 Å². The minimum Gasteiger partial charge on any atom is -0.497 e. The summed E-state index contributed by atoms with van der Waals surface area (Å²) in [6, 6.07) is 13.7. The number of halogens is 1. The Kier molecular flexibility index (Phi) is 5.06. The summed E-state index contributed by atoms with van der Waals surface area (Å²) in [4.78, 5) is 38.1. The molecule has 0 atom stereocenters.